The molecule has 2 N–H and O–H groups in total. The quantitative estimate of drug-likeness (QED) is 0.855. The molecular weight excluding hydrogens is 236 g/mol. The largest absolute Gasteiger partial charge is 0.355 e. The number of fused-ring (bicyclic) bond motifs is 1. The van der Waals surface area contributed by atoms with Crippen molar-refractivity contribution in [1.82, 2.24) is 10.6 Å². The van der Waals surface area contributed by atoms with Crippen molar-refractivity contribution in [3.63, 3.8) is 0 Å². The van der Waals surface area contributed by atoms with Crippen LogP contribution in [-0.4, -0.2) is 18.5 Å². The summed E-state index contributed by atoms with van der Waals surface area (Å²) in [6, 6.07) is 9.66. The Hall–Kier alpha value is -1.35. The number of carbonyl (C=O) groups is 1. The summed E-state index contributed by atoms with van der Waals surface area (Å²) in [6.07, 6.45) is 4.05. The second-order valence-electron chi connectivity index (χ2n) is 5.87. The molecule has 1 aliphatic heterocycles. The van der Waals surface area contributed by atoms with Crippen LogP contribution < -0.4 is 10.6 Å². The first kappa shape index (κ1) is 12.7. The van der Waals surface area contributed by atoms with Crippen LogP contribution in [0.25, 0.3) is 0 Å². The van der Waals surface area contributed by atoms with Gasteiger partial charge in [0.25, 0.3) is 0 Å². The number of hydrogen-bond donors (Lipinski definition) is 2. The van der Waals surface area contributed by atoms with E-state index >= 15 is 0 Å². The highest BCUT2D eigenvalue weighted by atomic mass is 16.1. The van der Waals surface area contributed by atoms with Crippen LogP contribution in [0.1, 0.15) is 55.7 Å². The summed E-state index contributed by atoms with van der Waals surface area (Å²) in [4.78, 5) is 11.2. The molecular formula is C16H22N2O. The molecule has 3 atom stereocenters. The molecule has 19 heavy (non-hydrogen) atoms. The maximum Gasteiger partial charge on any atom is 0.220 e. The van der Waals surface area contributed by atoms with E-state index in [1.165, 1.54) is 24.0 Å². The highest BCUT2D eigenvalue weighted by Gasteiger charge is 2.27. The van der Waals surface area contributed by atoms with Gasteiger partial charge in [-0.05, 0) is 36.3 Å². The highest BCUT2D eigenvalue weighted by molar-refractivity contribution is 5.76. The highest BCUT2D eigenvalue weighted by Crippen LogP contribution is 2.37. The van der Waals surface area contributed by atoms with Crippen LogP contribution >= 0.6 is 0 Å². The molecule has 1 heterocycles. The third-order valence-corrected chi connectivity index (χ3v) is 4.49. The van der Waals surface area contributed by atoms with E-state index < -0.39 is 0 Å². The smallest absolute Gasteiger partial charge is 0.220 e. The second kappa shape index (κ2) is 5.33. The summed E-state index contributed by atoms with van der Waals surface area (Å²) >= 11 is 0. The average Bonchev–Trinajstić information content (AvgIpc) is 2.45. The fourth-order valence-corrected chi connectivity index (χ4v) is 3.34. The minimum atomic E-state index is 0.190. The number of hydrogen-bond acceptors (Lipinski definition) is 2. The minimum Gasteiger partial charge on any atom is -0.355 e. The molecule has 2 aliphatic rings. The monoisotopic (exact) mass is 258 g/mol. The van der Waals surface area contributed by atoms with Gasteiger partial charge < -0.3 is 10.6 Å². The summed E-state index contributed by atoms with van der Waals surface area (Å²) in [5.74, 6) is 0.857. The molecule has 1 aliphatic carbocycles. The molecule has 0 spiro atoms. The average molecular weight is 258 g/mol. The van der Waals surface area contributed by atoms with Crippen molar-refractivity contribution in [1.29, 1.82) is 0 Å². The van der Waals surface area contributed by atoms with Gasteiger partial charge >= 0.3 is 0 Å². The zero-order valence-corrected chi connectivity index (χ0v) is 11.5. The molecule has 0 radical (unpaired) electrons. The molecule has 0 saturated carbocycles. The Morgan fingerprint density at radius 3 is 2.68 bits per heavy atom. The molecule has 1 aromatic carbocycles. The van der Waals surface area contributed by atoms with Crippen LogP contribution in [0.15, 0.2) is 24.3 Å². The topological polar surface area (TPSA) is 41.1 Å². The number of rotatable bonds is 2. The Labute approximate surface area is 114 Å². The van der Waals surface area contributed by atoms with E-state index in [2.05, 4.69) is 41.8 Å². The predicted octanol–water partition coefficient (Wildman–Crippen LogP) is 2.49. The number of amides is 1. The lowest BCUT2D eigenvalue weighted by Gasteiger charge is -2.34. The van der Waals surface area contributed by atoms with Gasteiger partial charge in [-0.1, -0.05) is 31.2 Å². The van der Waals surface area contributed by atoms with Gasteiger partial charge in [0.15, 0.2) is 0 Å². The number of carbonyl (C=O) groups excluding carboxylic acids is 1. The standard InChI is InChI=1S/C16H22N2O/c1-11-6-8-15(14-5-3-2-4-13(11)14)18-12-7-9-16(19)17-10-12/h2-5,11-12,15,18H,6-10H2,1H3,(H,17,19). The maximum atomic E-state index is 11.2. The van der Waals surface area contributed by atoms with Crippen molar-refractivity contribution in [3.05, 3.63) is 35.4 Å². The molecule has 1 amide bonds. The van der Waals surface area contributed by atoms with Crippen molar-refractivity contribution in [2.75, 3.05) is 6.54 Å². The Bertz CT molecular complexity index is 462. The van der Waals surface area contributed by atoms with E-state index in [-0.39, 0.29) is 5.91 Å². The van der Waals surface area contributed by atoms with E-state index in [0.717, 1.165) is 13.0 Å². The Morgan fingerprint density at radius 2 is 1.95 bits per heavy atom. The summed E-state index contributed by atoms with van der Waals surface area (Å²) in [5, 5.41) is 6.69. The van der Waals surface area contributed by atoms with Crippen molar-refractivity contribution in [2.24, 2.45) is 0 Å². The summed E-state index contributed by atoms with van der Waals surface area (Å²) in [6.45, 7) is 3.09. The lowest BCUT2D eigenvalue weighted by Crippen LogP contribution is -2.47. The van der Waals surface area contributed by atoms with Crippen molar-refractivity contribution >= 4 is 5.91 Å². The minimum absolute atomic E-state index is 0.190. The van der Waals surface area contributed by atoms with Crippen molar-refractivity contribution < 1.29 is 4.79 Å². The molecule has 0 bridgehead atoms. The molecule has 0 aromatic heterocycles. The van der Waals surface area contributed by atoms with E-state index in [1.54, 1.807) is 0 Å². The molecule has 3 heteroatoms. The zero-order chi connectivity index (χ0) is 13.2. The molecule has 1 fully saturated rings. The molecule has 102 valence electrons. The van der Waals surface area contributed by atoms with Crippen LogP contribution in [-0.2, 0) is 4.79 Å². The lowest BCUT2D eigenvalue weighted by atomic mass is 9.80. The fourth-order valence-electron chi connectivity index (χ4n) is 3.34. The van der Waals surface area contributed by atoms with Gasteiger partial charge in [-0.15, -0.1) is 0 Å². The predicted molar refractivity (Wildman–Crippen MR) is 76.0 cm³/mol. The van der Waals surface area contributed by atoms with Gasteiger partial charge in [0.05, 0.1) is 0 Å². The van der Waals surface area contributed by atoms with Crippen LogP contribution in [0, 0.1) is 0 Å². The first-order chi connectivity index (χ1) is 9.24. The van der Waals surface area contributed by atoms with E-state index in [0.29, 0.717) is 24.4 Å². The molecule has 3 unspecified atom stereocenters. The van der Waals surface area contributed by atoms with E-state index in [1.807, 2.05) is 0 Å². The molecule has 3 rings (SSSR count). The van der Waals surface area contributed by atoms with Crippen LogP contribution in [0.5, 0.6) is 0 Å². The normalized spacial score (nSPS) is 30.6. The van der Waals surface area contributed by atoms with Gasteiger partial charge in [-0.3, -0.25) is 4.79 Å². The number of nitrogens with one attached hydrogen (secondary N) is 2. The third kappa shape index (κ3) is 2.66. The van der Waals surface area contributed by atoms with Gasteiger partial charge in [-0.2, -0.15) is 0 Å². The van der Waals surface area contributed by atoms with Gasteiger partial charge in [0, 0.05) is 25.0 Å². The first-order valence-corrected chi connectivity index (χ1v) is 7.35. The van der Waals surface area contributed by atoms with Gasteiger partial charge in [0.2, 0.25) is 5.91 Å². The third-order valence-electron chi connectivity index (χ3n) is 4.49. The number of benzene rings is 1. The summed E-state index contributed by atoms with van der Waals surface area (Å²) in [7, 11) is 0. The fraction of sp³-hybridized carbons (Fsp3) is 0.562. The first-order valence-electron chi connectivity index (χ1n) is 7.35. The van der Waals surface area contributed by atoms with Gasteiger partial charge in [-0.25, -0.2) is 0 Å². The second-order valence-corrected chi connectivity index (χ2v) is 5.87. The SMILES string of the molecule is CC1CCC(NC2CCC(=O)NC2)c2ccccc21. The van der Waals surface area contributed by atoms with Gasteiger partial charge in [0.1, 0.15) is 0 Å². The lowest BCUT2D eigenvalue weighted by molar-refractivity contribution is -0.122. The Kier molecular flexibility index (Phi) is 3.56. The van der Waals surface area contributed by atoms with Crippen LogP contribution in [0.3, 0.4) is 0 Å². The summed E-state index contributed by atoms with van der Waals surface area (Å²) < 4.78 is 0. The van der Waals surface area contributed by atoms with E-state index in [4.69, 9.17) is 0 Å². The molecule has 1 aromatic rings. The summed E-state index contributed by atoms with van der Waals surface area (Å²) in [5.41, 5.74) is 2.95. The van der Waals surface area contributed by atoms with Crippen LogP contribution in [0.4, 0.5) is 0 Å². The number of piperidine rings is 1. The van der Waals surface area contributed by atoms with E-state index in [9.17, 15) is 4.79 Å². The Balaban J connectivity index is 1.72. The molecule has 3 nitrogen and oxygen atoms in total. The van der Waals surface area contributed by atoms with Crippen molar-refractivity contribution in [3.8, 4) is 0 Å². The molecule has 1 saturated heterocycles. The maximum absolute atomic E-state index is 11.2. The van der Waals surface area contributed by atoms with Crippen LogP contribution in [0.2, 0.25) is 0 Å². The Morgan fingerprint density at radius 1 is 1.16 bits per heavy atom. The zero-order valence-electron chi connectivity index (χ0n) is 11.5. The van der Waals surface area contributed by atoms with Crippen molar-refractivity contribution in [2.45, 2.75) is 50.6 Å².